The van der Waals surface area contributed by atoms with Crippen LogP contribution in [0.5, 0.6) is 11.5 Å². The Hall–Kier alpha value is -1.22. The third-order valence-corrected chi connectivity index (χ3v) is 3.19. The quantitative estimate of drug-likeness (QED) is 0.869. The molecule has 0 radical (unpaired) electrons. The summed E-state index contributed by atoms with van der Waals surface area (Å²) < 4.78 is 11.3. The first-order valence-electron chi connectivity index (χ1n) is 6.91. The summed E-state index contributed by atoms with van der Waals surface area (Å²) in [6, 6.07) is 6.78. The van der Waals surface area contributed by atoms with Crippen LogP contribution in [0.25, 0.3) is 0 Å². The average molecular weight is 249 g/mol. The van der Waals surface area contributed by atoms with E-state index < -0.39 is 0 Å². The second-order valence-electron chi connectivity index (χ2n) is 4.90. The maximum atomic E-state index is 5.69. The fraction of sp³-hybridized carbons (Fsp3) is 0.600. The molecule has 1 aromatic carbocycles. The Labute approximate surface area is 109 Å². The molecule has 3 heteroatoms. The van der Waals surface area contributed by atoms with Gasteiger partial charge < -0.3 is 14.8 Å². The first kappa shape index (κ1) is 13.2. The van der Waals surface area contributed by atoms with E-state index >= 15 is 0 Å². The van der Waals surface area contributed by atoms with E-state index in [0.717, 1.165) is 37.7 Å². The van der Waals surface area contributed by atoms with Crippen LogP contribution >= 0.6 is 0 Å². The highest BCUT2D eigenvalue weighted by Gasteiger charge is 2.10. The molecule has 1 atom stereocenters. The van der Waals surface area contributed by atoms with Crippen LogP contribution in [0.2, 0.25) is 0 Å². The molecule has 0 amide bonds. The molecule has 1 aromatic rings. The molecule has 0 aliphatic carbocycles. The van der Waals surface area contributed by atoms with E-state index in [-0.39, 0.29) is 0 Å². The normalized spacial score (nSPS) is 16.1. The van der Waals surface area contributed by atoms with Gasteiger partial charge in [0.2, 0.25) is 0 Å². The number of rotatable bonds is 5. The molecule has 0 aromatic heterocycles. The van der Waals surface area contributed by atoms with Crippen LogP contribution < -0.4 is 14.8 Å². The van der Waals surface area contributed by atoms with Gasteiger partial charge in [-0.25, -0.2) is 0 Å². The number of nitrogens with one attached hydrogen (secondary N) is 1. The zero-order valence-electron chi connectivity index (χ0n) is 11.4. The van der Waals surface area contributed by atoms with Crippen molar-refractivity contribution in [2.75, 3.05) is 13.2 Å². The molecule has 3 nitrogen and oxygen atoms in total. The Kier molecular flexibility index (Phi) is 4.88. The van der Waals surface area contributed by atoms with Crippen molar-refractivity contribution >= 4 is 0 Å². The molecule has 0 fully saturated rings. The summed E-state index contributed by atoms with van der Waals surface area (Å²) >= 11 is 0. The summed E-state index contributed by atoms with van der Waals surface area (Å²) in [5, 5.41) is 3.53. The van der Waals surface area contributed by atoms with E-state index in [2.05, 4.69) is 31.3 Å². The zero-order chi connectivity index (χ0) is 12.8. The lowest BCUT2D eigenvalue weighted by molar-refractivity contribution is 0.297. The Bertz CT molecular complexity index is 379. The van der Waals surface area contributed by atoms with Gasteiger partial charge in [-0.1, -0.05) is 19.4 Å². The van der Waals surface area contributed by atoms with E-state index in [1.54, 1.807) is 0 Å². The third kappa shape index (κ3) is 3.64. The fourth-order valence-corrected chi connectivity index (χ4v) is 2.14. The van der Waals surface area contributed by atoms with Gasteiger partial charge in [-0.2, -0.15) is 0 Å². The average Bonchev–Trinajstić information content (AvgIpc) is 2.61. The summed E-state index contributed by atoms with van der Waals surface area (Å²) in [6.07, 6.45) is 3.38. The lowest BCUT2D eigenvalue weighted by Gasteiger charge is -2.14. The summed E-state index contributed by atoms with van der Waals surface area (Å²) in [5.41, 5.74) is 1.25. The summed E-state index contributed by atoms with van der Waals surface area (Å²) in [6.45, 7) is 6.82. The minimum absolute atomic E-state index is 0.561. The van der Waals surface area contributed by atoms with E-state index in [1.807, 2.05) is 6.07 Å². The second-order valence-corrected chi connectivity index (χ2v) is 4.90. The number of ether oxygens (including phenoxy) is 2. The van der Waals surface area contributed by atoms with Gasteiger partial charge in [0, 0.05) is 19.0 Å². The SMILES string of the molecule is CCCC(C)NCc1ccc2c(c1)OCCCO2. The van der Waals surface area contributed by atoms with Gasteiger partial charge in [0.1, 0.15) is 0 Å². The van der Waals surface area contributed by atoms with Gasteiger partial charge in [0.25, 0.3) is 0 Å². The Morgan fingerprint density at radius 3 is 2.78 bits per heavy atom. The predicted molar refractivity (Wildman–Crippen MR) is 73.3 cm³/mol. The van der Waals surface area contributed by atoms with Crippen molar-refractivity contribution in [1.82, 2.24) is 5.32 Å². The largest absolute Gasteiger partial charge is 0.490 e. The highest BCUT2D eigenvalue weighted by atomic mass is 16.5. The molecular formula is C15H23NO2. The minimum atomic E-state index is 0.561. The van der Waals surface area contributed by atoms with Gasteiger partial charge in [0.15, 0.2) is 11.5 Å². The van der Waals surface area contributed by atoms with Crippen LogP contribution in [-0.2, 0) is 6.54 Å². The molecule has 0 bridgehead atoms. The van der Waals surface area contributed by atoms with Crippen molar-refractivity contribution < 1.29 is 9.47 Å². The van der Waals surface area contributed by atoms with Crippen molar-refractivity contribution in [3.8, 4) is 11.5 Å². The lowest BCUT2D eigenvalue weighted by Crippen LogP contribution is -2.25. The van der Waals surface area contributed by atoms with Gasteiger partial charge in [0.05, 0.1) is 13.2 Å². The maximum Gasteiger partial charge on any atom is 0.161 e. The van der Waals surface area contributed by atoms with E-state index in [0.29, 0.717) is 6.04 Å². The van der Waals surface area contributed by atoms with E-state index in [9.17, 15) is 0 Å². The molecule has 100 valence electrons. The van der Waals surface area contributed by atoms with Crippen LogP contribution in [0, 0.1) is 0 Å². The van der Waals surface area contributed by atoms with Crippen molar-refractivity contribution in [2.45, 2.75) is 45.7 Å². The maximum absolute atomic E-state index is 5.69. The molecule has 18 heavy (non-hydrogen) atoms. The van der Waals surface area contributed by atoms with Crippen molar-refractivity contribution in [3.05, 3.63) is 23.8 Å². The van der Waals surface area contributed by atoms with Crippen LogP contribution in [0.4, 0.5) is 0 Å². The summed E-state index contributed by atoms with van der Waals surface area (Å²) in [4.78, 5) is 0. The molecule has 2 rings (SSSR count). The molecular weight excluding hydrogens is 226 g/mol. The van der Waals surface area contributed by atoms with E-state index in [4.69, 9.17) is 9.47 Å². The Balaban J connectivity index is 1.95. The number of hydrogen-bond donors (Lipinski definition) is 1. The van der Waals surface area contributed by atoms with Crippen molar-refractivity contribution in [3.63, 3.8) is 0 Å². The molecule has 1 N–H and O–H groups in total. The highest BCUT2D eigenvalue weighted by molar-refractivity contribution is 5.43. The summed E-state index contributed by atoms with van der Waals surface area (Å²) in [7, 11) is 0. The first-order chi connectivity index (χ1) is 8.79. The van der Waals surface area contributed by atoms with Crippen molar-refractivity contribution in [2.24, 2.45) is 0 Å². The topological polar surface area (TPSA) is 30.5 Å². The number of fused-ring (bicyclic) bond motifs is 1. The smallest absolute Gasteiger partial charge is 0.161 e. The van der Waals surface area contributed by atoms with Gasteiger partial charge >= 0.3 is 0 Å². The van der Waals surface area contributed by atoms with Crippen LogP contribution in [0.1, 0.15) is 38.7 Å². The van der Waals surface area contributed by atoms with Crippen LogP contribution in [0.15, 0.2) is 18.2 Å². The molecule has 1 heterocycles. The minimum Gasteiger partial charge on any atom is -0.490 e. The van der Waals surface area contributed by atoms with Crippen LogP contribution in [-0.4, -0.2) is 19.3 Å². The molecule has 1 aliphatic heterocycles. The zero-order valence-corrected chi connectivity index (χ0v) is 11.4. The fourth-order valence-electron chi connectivity index (χ4n) is 2.14. The molecule has 0 spiro atoms. The monoisotopic (exact) mass is 249 g/mol. The van der Waals surface area contributed by atoms with Gasteiger partial charge in [-0.05, 0) is 31.0 Å². The lowest BCUT2D eigenvalue weighted by atomic mass is 10.1. The first-order valence-corrected chi connectivity index (χ1v) is 6.91. The number of hydrogen-bond acceptors (Lipinski definition) is 3. The van der Waals surface area contributed by atoms with Gasteiger partial charge in [-0.15, -0.1) is 0 Å². The summed E-state index contributed by atoms with van der Waals surface area (Å²) in [5.74, 6) is 1.76. The predicted octanol–water partition coefficient (Wildman–Crippen LogP) is 3.13. The van der Waals surface area contributed by atoms with Gasteiger partial charge in [-0.3, -0.25) is 0 Å². The van der Waals surface area contributed by atoms with Crippen LogP contribution in [0.3, 0.4) is 0 Å². The Morgan fingerprint density at radius 2 is 2.00 bits per heavy atom. The highest BCUT2D eigenvalue weighted by Crippen LogP contribution is 2.30. The second kappa shape index (κ2) is 6.64. The molecule has 1 aliphatic rings. The molecule has 0 saturated heterocycles. The van der Waals surface area contributed by atoms with Crippen molar-refractivity contribution in [1.29, 1.82) is 0 Å². The standard InChI is InChI=1S/C15H23NO2/c1-3-5-12(2)16-11-13-6-7-14-15(10-13)18-9-4-8-17-14/h6-7,10,12,16H,3-5,8-9,11H2,1-2H3. The van der Waals surface area contributed by atoms with E-state index in [1.165, 1.54) is 18.4 Å². The molecule has 1 unspecified atom stereocenters. The number of benzene rings is 1. The third-order valence-electron chi connectivity index (χ3n) is 3.19. The molecule has 0 saturated carbocycles. The Morgan fingerprint density at radius 1 is 1.22 bits per heavy atom.